The SMILES string of the molecule is O[C@H]1CC[C@@H](n2cnc3c(NC4CC4)ncnc32)[C@@H]2C(c3ccccc3)=NO[C@@H]21. The van der Waals surface area contributed by atoms with E-state index < -0.39 is 6.10 Å². The molecular formula is C21H22N6O2. The van der Waals surface area contributed by atoms with Crippen LogP contribution in [0.2, 0.25) is 0 Å². The maximum Gasteiger partial charge on any atom is 0.165 e. The van der Waals surface area contributed by atoms with Crippen molar-refractivity contribution in [2.24, 2.45) is 11.1 Å². The van der Waals surface area contributed by atoms with E-state index in [4.69, 9.17) is 4.84 Å². The van der Waals surface area contributed by atoms with E-state index in [1.165, 1.54) is 12.8 Å². The first-order valence-corrected chi connectivity index (χ1v) is 10.2. The second-order valence-electron chi connectivity index (χ2n) is 8.12. The van der Waals surface area contributed by atoms with Gasteiger partial charge in [-0.1, -0.05) is 35.5 Å². The molecule has 4 atom stereocenters. The van der Waals surface area contributed by atoms with Crippen LogP contribution in [-0.4, -0.2) is 48.6 Å². The van der Waals surface area contributed by atoms with E-state index in [1.54, 1.807) is 6.33 Å². The minimum atomic E-state index is -0.530. The summed E-state index contributed by atoms with van der Waals surface area (Å²) in [4.78, 5) is 19.3. The molecule has 3 heterocycles. The zero-order valence-electron chi connectivity index (χ0n) is 15.8. The normalized spacial score (nSPS) is 28.7. The Morgan fingerprint density at radius 1 is 1.03 bits per heavy atom. The molecule has 0 spiro atoms. The molecule has 0 bridgehead atoms. The molecule has 1 aromatic carbocycles. The van der Waals surface area contributed by atoms with Crippen LogP contribution in [0.5, 0.6) is 0 Å². The average molecular weight is 390 g/mol. The zero-order valence-corrected chi connectivity index (χ0v) is 15.8. The second kappa shape index (κ2) is 6.52. The summed E-state index contributed by atoms with van der Waals surface area (Å²) in [6.45, 7) is 0. The van der Waals surface area contributed by atoms with Crippen molar-refractivity contribution in [3.63, 3.8) is 0 Å². The van der Waals surface area contributed by atoms with Crippen LogP contribution >= 0.6 is 0 Å². The van der Waals surface area contributed by atoms with E-state index >= 15 is 0 Å². The molecule has 0 unspecified atom stereocenters. The third-order valence-electron chi connectivity index (χ3n) is 6.20. The van der Waals surface area contributed by atoms with Gasteiger partial charge >= 0.3 is 0 Å². The van der Waals surface area contributed by atoms with Gasteiger partial charge < -0.3 is 19.8 Å². The zero-order chi connectivity index (χ0) is 19.4. The lowest BCUT2D eigenvalue weighted by Crippen LogP contribution is -2.44. The highest BCUT2D eigenvalue weighted by molar-refractivity contribution is 6.03. The molecule has 1 aliphatic heterocycles. The maximum absolute atomic E-state index is 10.6. The fourth-order valence-electron chi connectivity index (χ4n) is 4.58. The van der Waals surface area contributed by atoms with Gasteiger partial charge in [0.1, 0.15) is 11.8 Å². The Morgan fingerprint density at radius 3 is 2.72 bits per heavy atom. The number of rotatable bonds is 4. The van der Waals surface area contributed by atoms with Crippen LogP contribution in [0.3, 0.4) is 0 Å². The third kappa shape index (κ3) is 2.78. The molecule has 6 rings (SSSR count). The van der Waals surface area contributed by atoms with Crippen molar-refractivity contribution in [3.8, 4) is 0 Å². The highest BCUT2D eigenvalue weighted by Crippen LogP contribution is 2.43. The number of anilines is 1. The summed E-state index contributed by atoms with van der Waals surface area (Å²) in [5, 5.41) is 18.4. The largest absolute Gasteiger partial charge is 0.389 e. The number of nitrogens with one attached hydrogen (secondary N) is 1. The van der Waals surface area contributed by atoms with Crippen LogP contribution in [0.4, 0.5) is 5.82 Å². The van der Waals surface area contributed by atoms with Gasteiger partial charge in [0.05, 0.1) is 24.1 Å². The van der Waals surface area contributed by atoms with Crippen LogP contribution in [0.25, 0.3) is 11.2 Å². The Hall–Kier alpha value is -3.00. The van der Waals surface area contributed by atoms with Crippen molar-refractivity contribution in [2.45, 2.75) is 50.0 Å². The van der Waals surface area contributed by atoms with Crippen molar-refractivity contribution in [1.82, 2.24) is 19.5 Å². The quantitative estimate of drug-likeness (QED) is 0.710. The van der Waals surface area contributed by atoms with Crippen LogP contribution < -0.4 is 5.32 Å². The number of fused-ring (bicyclic) bond motifs is 2. The molecule has 2 saturated carbocycles. The molecule has 148 valence electrons. The van der Waals surface area contributed by atoms with E-state index in [-0.39, 0.29) is 18.1 Å². The molecule has 2 aliphatic carbocycles. The van der Waals surface area contributed by atoms with Crippen LogP contribution in [0.1, 0.15) is 37.3 Å². The van der Waals surface area contributed by atoms with Gasteiger partial charge in [-0.2, -0.15) is 0 Å². The topological polar surface area (TPSA) is 97.5 Å². The number of benzene rings is 1. The molecule has 2 aromatic heterocycles. The predicted octanol–water partition coefficient (Wildman–Crippen LogP) is 2.52. The minimum Gasteiger partial charge on any atom is -0.389 e. The molecular weight excluding hydrogens is 368 g/mol. The highest BCUT2D eigenvalue weighted by atomic mass is 16.7. The Balaban J connectivity index is 1.42. The number of aromatic nitrogens is 4. The minimum absolute atomic E-state index is 0.0542. The van der Waals surface area contributed by atoms with E-state index in [9.17, 15) is 5.11 Å². The maximum atomic E-state index is 10.6. The first-order valence-electron chi connectivity index (χ1n) is 10.2. The summed E-state index contributed by atoms with van der Waals surface area (Å²) >= 11 is 0. The summed E-state index contributed by atoms with van der Waals surface area (Å²) < 4.78 is 2.12. The fourth-order valence-corrected chi connectivity index (χ4v) is 4.58. The smallest absolute Gasteiger partial charge is 0.165 e. The molecule has 8 heteroatoms. The van der Waals surface area contributed by atoms with Crippen LogP contribution in [0, 0.1) is 5.92 Å². The monoisotopic (exact) mass is 390 g/mol. The number of aliphatic hydroxyl groups excluding tert-OH is 1. The van der Waals surface area contributed by atoms with Crippen molar-refractivity contribution in [1.29, 1.82) is 0 Å². The van der Waals surface area contributed by atoms with E-state index in [2.05, 4.69) is 30.0 Å². The number of hydrogen-bond donors (Lipinski definition) is 2. The van der Waals surface area contributed by atoms with Crippen molar-refractivity contribution in [3.05, 3.63) is 48.5 Å². The molecule has 29 heavy (non-hydrogen) atoms. The third-order valence-corrected chi connectivity index (χ3v) is 6.20. The van der Waals surface area contributed by atoms with Crippen molar-refractivity contribution >= 4 is 22.7 Å². The first-order chi connectivity index (χ1) is 14.3. The Morgan fingerprint density at radius 2 is 1.90 bits per heavy atom. The number of oxime groups is 1. The molecule has 0 saturated heterocycles. The van der Waals surface area contributed by atoms with Gasteiger partial charge in [0, 0.05) is 12.1 Å². The van der Waals surface area contributed by atoms with Crippen LogP contribution in [0.15, 0.2) is 48.1 Å². The fraction of sp³-hybridized carbons (Fsp3) is 0.429. The Kier molecular flexibility index (Phi) is 3.80. The standard InChI is InChI=1S/C21H22N6O2/c28-15-9-8-14(16-17(26-29-19(15)16)12-4-2-1-3-5-12)27-11-24-18-20(25-13-6-7-13)22-10-23-21(18)27/h1-5,10-11,13-16,19,28H,6-9H2,(H,22,23,25)/t14-,15+,16-,19-/m1/s1. The van der Waals surface area contributed by atoms with Gasteiger partial charge in [-0.05, 0) is 31.2 Å². The first kappa shape index (κ1) is 16.9. The van der Waals surface area contributed by atoms with Gasteiger partial charge in [-0.3, -0.25) is 0 Å². The lowest BCUT2D eigenvalue weighted by Gasteiger charge is -2.36. The van der Waals surface area contributed by atoms with Gasteiger partial charge in [0.25, 0.3) is 0 Å². The molecule has 2 N–H and O–H groups in total. The number of imidazole rings is 1. The Labute approximate surface area is 167 Å². The van der Waals surface area contributed by atoms with Crippen LogP contribution in [-0.2, 0) is 4.84 Å². The lowest BCUT2D eigenvalue weighted by atomic mass is 9.76. The molecule has 8 nitrogen and oxygen atoms in total. The van der Waals surface area contributed by atoms with E-state index in [1.807, 2.05) is 36.7 Å². The lowest BCUT2D eigenvalue weighted by molar-refractivity contribution is -0.0673. The van der Waals surface area contributed by atoms with Crippen molar-refractivity contribution in [2.75, 3.05) is 5.32 Å². The summed E-state index contributed by atoms with van der Waals surface area (Å²) in [7, 11) is 0. The number of hydrogen-bond acceptors (Lipinski definition) is 7. The molecule has 3 aliphatic rings. The van der Waals surface area contributed by atoms with Gasteiger partial charge in [0.15, 0.2) is 17.6 Å². The van der Waals surface area contributed by atoms with E-state index in [0.29, 0.717) is 12.5 Å². The van der Waals surface area contributed by atoms with Crippen molar-refractivity contribution < 1.29 is 9.94 Å². The van der Waals surface area contributed by atoms with E-state index in [0.717, 1.165) is 34.7 Å². The summed E-state index contributed by atoms with van der Waals surface area (Å²) in [6, 6.07) is 10.6. The van der Waals surface area contributed by atoms with Gasteiger partial charge in [0.2, 0.25) is 0 Å². The number of nitrogens with zero attached hydrogens (tertiary/aromatic N) is 5. The molecule has 0 amide bonds. The highest BCUT2D eigenvalue weighted by Gasteiger charge is 2.48. The summed E-state index contributed by atoms with van der Waals surface area (Å²) in [5.74, 6) is 0.733. The average Bonchev–Trinajstić information content (AvgIpc) is 3.28. The molecule has 0 radical (unpaired) electrons. The van der Waals surface area contributed by atoms with Gasteiger partial charge in [-0.15, -0.1) is 0 Å². The number of aliphatic hydroxyl groups is 1. The Bertz CT molecular complexity index is 1080. The summed E-state index contributed by atoms with van der Waals surface area (Å²) in [6.07, 6.45) is 6.36. The second-order valence-corrected chi connectivity index (χ2v) is 8.12. The summed E-state index contributed by atoms with van der Waals surface area (Å²) in [5.41, 5.74) is 3.50. The predicted molar refractivity (Wildman–Crippen MR) is 108 cm³/mol. The molecule has 3 aromatic rings. The molecule has 2 fully saturated rings. The van der Waals surface area contributed by atoms with Gasteiger partial charge in [-0.25, -0.2) is 15.0 Å².